The topological polar surface area (TPSA) is 49.4 Å². The molecule has 0 spiro atoms. The Morgan fingerprint density at radius 3 is 2.58 bits per heavy atom. The minimum atomic E-state index is -0.324. The van der Waals surface area contributed by atoms with Gasteiger partial charge in [0, 0.05) is 18.2 Å². The number of nitrogens with one attached hydrogen (secondary N) is 1. The van der Waals surface area contributed by atoms with Crippen molar-refractivity contribution >= 4 is 11.8 Å². The molecule has 2 rings (SSSR count). The second kappa shape index (κ2) is 5.87. The van der Waals surface area contributed by atoms with E-state index in [4.69, 9.17) is 0 Å². The van der Waals surface area contributed by atoms with Gasteiger partial charge >= 0.3 is 0 Å². The molecular weight excluding hydrogens is 240 g/mol. The van der Waals surface area contributed by atoms with Crippen molar-refractivity contribution in [2.45, 2.75) is 38.8 Å². The molecule has 19 heavy (non-hydrogen) atoms. The van der Waals surface area contributed by atoms with Crippen molar-refractivity contribution in [3.8, 4) is 0 Å². The third-order valence-electron chi connectivity index (χ3n) is 3.27. The zero-order valence-electron chi connectivity index (χ0n) is 11.4. The van der Waals surface area contributed by atoms with E-state index < -0.39 is 0 Å². The molecule has 1 aromatic carbocycles. The fourth-order valence-corrected chi connectivity index (χ4v) is 2.41. The van der Waals surface area contributed by atoms with E-state index in [1.165, 1.54) is 0 Å². The van der Waals surface area contributed by atoms with E-state index in [-0.39, 0.29) is 23.9 Å². The van der Waals surface area contributed by atoms with Crippen molar-refractivity contribution in [1.29, 1.82) is 0 Å². The second-order valence-corrected chi connectivity index (χ2v) is 5.19. The smallest absolute Gasteiger partial charge is 0.254 e. The minimum Gasteiger partial charge on any atom is -0.352 e. The zero-order chi connectivity index (χ0) is 13.8. The Balaban J connectivity index is 2.11. The van der Waals surface area contributed by atoms with Crippen LogP contribution in [-0.2, 0) is 4.79 Å². The van der Waals surface area contributed by atoms with Crippen molar-refractivity contribution in [3.05, 3.63) is 35.9 Å². The number of nitrogens with zero attached hydrogens (tertiary/aromatic N) is 1. The van der Waals surface area contributed by atoms with Gasteiger partial charge < -0.3 is 10.2 Å². The molecule has 1 saturated heterocycles. The predicted molar refractivity (Wildman–Crippen MR) is 73.8 cm³/mol. The number of carbonyl (C=O) groups is 2. The highest BCUT2D eigenvalue weighted by Gasteiger charge is 2.34. The van der Waals surface area contributed by atoms with Gasteiger partial charge in [-0.2, -0.15) is 0 Å². The van der Waals surface area contributed by atoms with Crippen LogP contribution in [0.5, 0.6) is 0 Å². The first-order valence-electron chi connectivity index (χ1n) is 6.76. The Labute approximate surface area is 113 Å². The summed E-state index contributed by atoms with van der Waals surface area (Å²) in [5.74, 6) is -0.0983. The molecule has 0 bridgehead atoms. The SMILES string of the molecule is CC(C)NC(=O)[C@@H]1CCCN1C(=O)c1ccccc1. The molecule has 102 valence electrons. The molecule has 1 aliphatic heterocycles. The molecular formula is C15H20N2O2. The zero-order valence-corrected chi connectivity index (χ0v) is 11.4. The fourth-order valence-electron chi connectivity index (χ4n) is 2.41. The lowest BCUT2D eigenvalue weighted by Crippen LogP contribution is -2.47. The summed E-state index contributed by atoms with van der Waals surface area (Å²) in [4.78, 5) is 26.2. The van der Waals surface area contributed by atoms with E-state index in [2.05, 4.69) is 5.32 Å². The first kappa shape index (κ1) is 13.6. The van der Waals surface area contributed by atoms with Crippen LogP contribution in [0.3, 0.4) is 0 Å². The van der Waals surface area contributed by atoms with Crippen molar-refractivity contribution in [2.24, 2.45) is 0 Å². The lowest BCUT2D eigenvalue weighted by Gasteiger charge is -2.24. The van der Waals surface area contributed by atoms with Crippen LogP contribution in [0, 0.1) is 0 Å². The maximum absolute atomic E-state index is 12.4. The van der Waals surface area contributed by atoms with Gasteiger partial charge in [0.25, 0.3) is 5.91 Å². The van der Waals surface area contributed by atoms with Gasteiger partial charge in [-0.1, -0.05) is 18.2 Å². The Kier molecular flexibility index (Phi) is 4.20. The van der Waals surface area contributed by atoms with Gasteiger partial charge in [-0.25, -0.2) is 0 Å². The summed E-state index contributed by atoms with van der Waals surface area (Å²) in [6, 6.07) is 8.91. The number of benzene rings is 1. The average Bonchev–Trinajstić information content (AvgIpc) is 2.87. The summed E-state index contributed by atoms with van der Waals surface area (Å²) in [7, 11) is 0. The Morgan fingerprint density at radius 1 is 1.26 bits per heavy atom. The van der Waals surface area contributed by atoms with Crippen LogP contribution in [0.4, 0.5) is 0 Å². The second-order valence-electron chi connectivity index (χ2n) is 5.19. The van der Waals surface area contributed by atoms with Crippen LogP contribution in [-0.4, -0.2) is 35.3 Å². The molecule has 4 nitrogen and oxygen atoms in total. The van der Waals surface area contributed by atoms with Crippen LogP contribution >= 0.6 is 0 Å². The molecule has 1 heterocycles. The molecule has 1 atom stereocenters. The van der Waals surface area contributed by atoms with Gasteiger partial charge in [-0.05, 0) is 38.8 Å². The summed E-state index contributed by atoms with van der Waals surface area (Å²) in [6.45, 7) is 4.51. The van der Waals surface area contributed by atoms with Gasteiger partial charge in [0.1, 0.15) is 6.04 Å². The average molecular weight is 260 g/mol. The Hall–Kier alpha value is -1.84. The highest BCUT2D eigenvalue weighted by Crippen LogP contribution is 2.20. The van der Waals surface area contributed by atoms with Crippen LogP contribution in [0.15, 0.2) is 30.3 Å². The minimum absolute atomic E-state index is 0.0446. The summed E-state index contributed by atoms with van der Waals surface area (Å²) in [5.41, 5.74) is 0.645. The first-order chi connectivity index (χ1) is 9.09. The molecule has 1 aromatic rings. The molecule has 1 fully saturated rings. The van der Waals surface area contributed by atoms with Gasteiger partial charge in [-0.3, -0.25) is 9.59 Å². The van der Waals surface area contributed by atoms with Gasteiger partial charge in [0.15, 0.2) is 0 Å². The lowest BCUT2D eigenvalue weighted by molar-refractivity contribution is -0.125. The van der Waals surface area contributed by atoms with E-state index in [1.54, 1.807) is 17.0 Å². The third kappa shape index (κ3) is 3.13. The highest BCUT2D eigenvalue weighted by molar-refractivity contribution is 5.97. The molecule has 1 N–H and O–H groups in total. The molecule has 0 saturated carbocycles. The number of amides is 2. The third-order valence-corrected chi connectivity index (χ3v) is 3.27. The van der Waals surface area contributed by atoms with E-state index in [0.717, 1.165) is 12.8 Å². The molecule has 0 aromatic heterocycles. The predicted octanol–water partition coefficient (Wildman–Crippen LogP) is 1.82. The van der Waals surface area contributed by atoms with Gasteiger partial charge in [-0.15, -0.1) is 0 Å². The van der Waals surface area contributed by atoms with E-state index >= 15 is 0 Å². The summed E-state index contributed by atoms with van der Waals surface area (Å²) in [5, 5.41) is 2.89. The maximum atomic E-state index is 12.4. The Bertz CT molecular complexity index is 456. The van der Waals surface area contributed by atoms with Crippen LogP contribution in [0.25, 0.3) is 0 Å². The van der Waals surface area contributed by atoms with E-state index in [1.807, 2.05) is 32.0 Å². The van der Waals surface area contributed by atoms with E-state index in [9.17, 15) is 9.59 Å². The summed E-state index contributed by atoms with van der Waals surface area (Å²) < 4.78 is 0. The molecule has 4 heteroatoms. The van der Waals surface area contributed by atoms with E-state index in [0.29, 0.717) is 12.1 Å². The number of hydrogen-bond acceptors (Lipinski definition) is 2. The highest BCUT2D eigenvalue weighted by atomic mass is 16.2. The number of rotatable bonds is 3. The lowest BCUT2D eigenvalue weighted by atomic mass is 10.1. The van der Waals surface area contributed by atoms with Crippen molar-refractivity contribution in [3.63, 3.8) is 0 Å². The summed E-state index contributed by atoms with van der Waals surface area (Å²) >= 11 is 0. The standard InChI is InChI=1S/C15H20N2O2/c1-11(2)16-14(18)13-9-6-10-17(13)15(19)12-7-4-3-5-8-12/h3-5,7-8,11,13H,6,9-10H2,1-2H3,(H,16,18)/t13-/m0/s1. The molecule has 0 unspecified atom stereocenters. The Morgan fingerprint density at radius 2 is 1.95 bits per heavy atom. The molecule has 1 aliphatic rings. The van der Waals surface area contributed by atoms with Gasteiger partial charge in [0.2, 0.25) is 5.91 Å². The first-order valence-corrected chi connectivity index (χ1v) is 6.76. The van der Waals surface area contributed by atoms with Crippen molar-refractivity contribution in [2.75, 3.05) is 6.54 Å². The largest absolute Gasteiger partial charge is 0.352 e. The fraction of sp³-hybridized carbons (Fsp3) is 0.467. The van der Waals surface area contributed by atoms with Crippen LogP contribution in [0.2, 0.25) is 0 Å². The van der Waals surface area contributed by atoms with Gasteiger partial charge in [0.05, 0.1) is 0 Å². The maximum Gasteiger partial charge on any atom is 0.254 e. The van der Waals surface area contributed by atoms with Crippen molar-refractivity contribution in [1.82, 2.24) is 10.2 Å². The molecule has 0 aliphatic carbocycles. The number of likely N-dealkylation sites (tertiary alicyclic amines) is 1. The van der Waals surface area contributed by atoms with Crippen molar-refractivity contribution < 1.29 is 9.59 Å². The van der Waals surface area contributed by atoms with Crippen LogP contribution < -0.4 is 5.32 Å². The summed E-state index contributed by atoms with van der Waals surface area (Å²) in [6.07, 6.45) is 1.63. The molecule has 2 amide bonds. The normalized spacial score (nSPS) is 18.7. The quantitative estimate of drug-likeness (QED) is 0.901. The molecule has 0 radical (unpaired) electrons. The number of hydrogen-bond donors (Lipinski definition) is 1. The monoisotopic (exact) mass is 260 g/mol. The van der Waals surface area contributed by atoms with Crippen LogP contribution in [0.1, 0.15) is 37.0 Å². The number of carbonyl (C=O) groups excluding carboxylic acids is 2.